The molecule has 114 valence electrons. The van der Waals surface area contributed by atoms with Gasteiger partial charge < -0.3 is 15.0 Å². The minimum atomic E-state index is -3.40. The fourth-order valence-corrected chi connectivity index (χ4v) is 3.70. The first-order chi connectivity index (χ1) is 9.54. The zero-order chi connectivity index (χ0) is 14.6. The lowest BCUT2D eigenvalue weighted by molar-refractivity contribution is 0.0620. The van der Waals surface area contributed by atoms with E-state index in [0.717, 1.165) is 31.7 Å². The molecule has 2 rings (SSSR count). The van der Waals surface area contributed by atoms with Gasteiger partial charge in [-0.1, -0.05) is 0 Å². The molecule has 1 aromatic heterocycles. The van der Waals surface area contributed by atoms with Crippen LogP contribution in [0.4, 0.5) is 0 Å². The van der Waals surface area contributed by atoms with Crippen molar-refractivity contribution in [2.75, 3.05) is 33.9 Å². The van der Waals surface area contributed by atoms with E-state index in [1.54, 1.807) is 19.3 Å². The Morgan fingerprint density at radius 2 is 2.15 bits per heavy atom. The number of hydrogen-bond acceptors (Lipinski definition) is 4. The van der Waals surface area contributed by atoms with Crippen molar-refractivity contribution >= 4 is 10.0 Å². The van der Waals surface area contributed by atoms with Gasteiger partial charge >= 0.3 is 0 Å². The molecule has 0 unspecified atom stereocenters. The van der Waals surface area contributed by atoms with Crippen molar-refractivity contribution in [2.24, 2.45) is 5.92 Å². The second-order valence-corrected chi connectivity index (χ2v) is 7.28. The molecule has 20 heavy (non-hydrogen) atoms. The summed E-state index contributed by atoms with van der Waals surface area (Å²) in [6.45, 7) is 2.64. The van der Waals surface area contributed by atoms with Crippen molar-refractivity contribution < 1.29 is 13.2 Å². The van der Waals surface area contributed by atoms with Gasteiger partial charge in [-0.2, -0.15) is 0 Å². The fraction of sp³-hybridized carbons (Fsp3) is 0.692. The molecule has 1 aliphatic heterocycles. The summed E-state index contributed by atoms with van der Waals surface area (Å²) in [4.78, 5) is 3.31. The van der Waals surface area contributed by atoms with Crippen LogP contribution in [0.25, 0.3) is 0 Å². The number of aromatic amines is 1. The van der Waals surface area contributed by atoms with Crippen molar-refractivity contribution in [3.63, 3.8) is 0 Å². The van der Waals surface area contributed by atoms with Gasteiger partial charge in [-0.25, -0.2) is 12.7 Å². The van der Waals surface area contributed by atoms with Gasteiger partial charge in [-0.05, 0) is 31.9 Å². The van der Waals surface area contributed by atoms with Gasteiger partial charge in [0.2, 0.25) is 10.0 Å². The normalized spacial score (nSPS) is 17.8. The lowest BCUT2D eigenvalue weighted by atomic mass is 10.0. The Labute approximate surface area is 120 Å². The molecule has 0 spiro atoms. The molecule has 2 N–H and O–H groups in total. The van der Waals surface area contributed by atoms with Crippen LogP contribution in [0.2, 0.25) is 0 Å². The zero-order valence-electron chi connectivity index (χ0n) is 12.1. The third-order valence-corrected chi connectivity index (χ3v) is 5.45. The monoisotopic (exact) mass is 301 g/mol. The molecule has 1 aromatic rings. The third kappa shape index (κ3) is 3.60. The number of aromatic nitrogens is 1. The Hall–Kier alpha value is -0.890. The maximum Gasteiger partial charge on any atom is 0.244 e. The third-order valence-electron chi connectivity index (χ3n) is 3.65. The van der Waals surface area contributed by atoms with E-state index in [9.17, 15) is 8.42 Å². The van der Waals surface area contributed by atoms with Gasteiger partial charge in [0.15, 0.2) is 0 Å². The summed E-state index contributed by atoms with van der Waals surface area (Å²) >= 11 is 0. The molecule has 0 radical (unpaired) electrons. The first kappa shape index (κ1) is 15.5. The quantitative estimate of drug-likeness (QED) is 0.814. The van der Waals surface area contributed by atoms with Crippen LogP contribution in [-0.4, -0.2) is 51.6 Å². The van der Waals surface area contributed by atoms with E-state index in [4.69, 9.17) is 4.74 Å². The van der Waals surface area contributed by atoms with Crippen molar-refractivity contribution in [1.29, 1.82) is 0 Å². The van der Waals surface area contributed by atoms with Crippen LogP contribution in [0.1, 0.15) is 18.5 Å². The Kier molecular flexibility index (Phi) is 5.20. The van der Waals surface area contributed by atoms with E-state index in [2.05, 4.69) is 10.3 Å². The summed E-state index contributed by atoms with van der Waals surface area (Å²) in [5.41, 5.74) is 0.866. The first-order valence-corrected chi connectivity index (χ1v) is 8.34. The number of sulfonamides is 1. The summed E-state index contributed by atoms with van der Waals surface area (Å²) in [7, 11) is 0.0717. The molecule has 2 heterocycles. The highest BCUT2D eigenvalue weighted by atomic mass is 32.2. The van der Waals surface area contributed by atoms with Crippen LogP contribution in [-0.2, 0) is 21.3 Å². The molecule has 0 bridgehead atoms. The topological polar surface area (TPSA) is 74.4 Å². The summed E-state index contributed by atoms with van der Waals surface area (Å²) in [6.07, 6.45) is 3.42. The molecule has 1 aliphatic rings. The number of ether oxygens (including phenoxy) is 1. The van der Waals surface area contributed by atoms with Gasteiger partial charge in [0.05, 0.1) is 4.90 Å². The van der Waals surface area contributed by atoms with Crippen LogP contribution in [0.15, 0.2) is 17.2 Å². The van der Waals surface area contributed by atoms with Crippen LogP contribution in [0.3, 0.4) is 0 Å². The molecule has 1 saturated heterocycles. The van der Waals surface area contributed by atoms with Gasteiger partial charge in [0.1, 0.15) is 0 Å². The van der Waals surface area contributed by atoms with Gasteiger partial charge in [0, 0.05) is 45.2 Å². The second-order valence-electron chi connectivity index (χ2n) is 5.23. The molecule has 0 saturated carbocycles. The first-order valence-electron chi connectivity index (χ1n) is 6.90. The van der Waals surface area contributed by atoms with Gasteiger partial charge in [-0.3, -0.25) is 0 Å². The van der Waals surface area contributed by atoms with Crippen LogP contribution in [0, 0.1) is 5.92 Å². The largest absolute Gasteiger partial charge is 0.381 e. The lowest BCUT2D eigenvalue weighted by Crippen LogP contribution is -2.34. The molecule has 0 atom stereocenters. The maximum absolute atomic E-state index is 12.5. The Balaban J connectivity index is 2.03. The summed E-state index contributed by atoms with van der Waals surface area (Å²) in [6, 6.07) is 1.69. The van der Waals surface area contributed by atoms with Crippen LogP contribution < -0.4 is 5.32 Å². The smallest absolute Gasteiger partial charge is 0.244 e. The number of H-pyrrole nitrogens is 1. The average Bonchev–Trinajstić information content (AvgIpc) is 2.89. The minimum absolute atomic E-state index is 0.331. The standard InChI is InChI=1S/C13H23N3O3S/c1-14-8-12-7-13(9-15-12)20(17,18)16(2)10-11-3-5-19-6-4-11/h7,9,11,14-15H,3-6,8,10H2,1-2H3. The van der Waals surface area contributed by atoms with Crippen molar-refractivity contribution in [1.82, 2.24) is 14.6 Å². The van der Waals surface area contributed by atoms with Crippen molar-refractivity contribution in [3.8, 4) is 0 Å². The molecule has 7 heteroatoms. The zero-order valence-corrected chi connectivity index (χ0v) is 12.9. The predicted octanol–water partition coefficient (Wildman–Crippen LogP) is 0.781. The molecular formula is C13H23N3O3S. The summed E-state index contributed by atoms with van der Waals surface area (Å²) < 4.78 is 31.7. The number of rotatable bonds is 6. The molecule has 0 aromatic carbocycles. The highest BCUT2D eigenvalue weighted by Gasteiger charge is 2.25. The number of hydrogen-bond donors (Lipinski definition) is 2. The van der Waals surface area contributed by atoms with Gasteiger partial charge in [-0.15, -0.1) is 0 Å². The number of nitrogens with zero attached hydrogens (tertiary/aromatic N) is 1. The van der Waals surface area contributed by atoms with Crippen molar-refractivity contribution in [2.45, 2.75) is 24.3 Å². The van der Waals surface area contributed by atoms with E-state index < -0.39 is 10.0 Å². The molecule has 1 fully saturated rings. The highest BCUT2D eigenvalue weighted by Crippen LogP contribution is 2.21. The lowest BCUT2D eigenvalue weighted by Gasteiger charge is -2.26. The predicted molar refractivity (Wildman–Crippen MR) is 76.9 cm³/mol. The van der Waals surface area contributed by atoms with Gasteiger partial charge in [0.25, 0.3) is 0 Å². The van der Waals surface area contributed by atoms with Crippen LogP contribution in [0.5, 0.6) is 0 Å². The minimum Gasteiger partial charge on any atom is -0.381 e. The fourth-order valence-electron chi connectivity index (χ4n) is 2.43. The maximum atomic E-state index is 12.5. The Bertz CT molecular complexity index is 521. The number of nitrogens with one attached hydrogen (secondary N) is 2. The molecule has 6 nitrogen and oxygen atoms in total. The highest BCUT2D eigenvalue weighted by molar-refractivity contribution is 7.89. The average molecular weight is 301 g/mol. The van der Waals surface area contributed by atoms with E-state index in [1.165, 1.54) is 4.31 Å². The van der Waals surface area contributed by atoms with E-state index in [0.29, 0.717) is 23.9 Å². The van der Waals surface area contributed by atoms with E-state index in [-0.39, 0.29) is 0 Å². The Morgan fingerprint density at radius 3 is 2.80 bits per heavy atom. The van der Waals surface area contributed by atoms with E-state index in [1.807, 2.05) is 7.05 Å². The second kappa shape index (κ2) is 6.71. The molecular weight excluding hydrogens is 278 g/mol. The summed E-state index contributed by atoms with van der Waals surface area (Å²) in [5.74, 6) is 0.388. The van der Waals surface area contributed by atoms with Crippen LogP contribution >= 0.6 is 0 Å². The summed E-state index contributed by atoms with van der Waals surface area (Å²) in [5, 5.41) is 2.99. The SMILES string of the molecule is CNCc1cc(S(=O)(=O)N(C)CC2CCOCC2)c[nH]1. The van der Waals surface area contributed by atoms with Crippen molar-refractivity contribution in [3.05, 3.63) is 18.0 Å². The van der Waals surface area contributed by atoms with E-state index >= 15 is 0 Å². The molecule has 0 aliphatic carbocycles. The molecule has 0 amide bonds. The Morgan fingerprint density at radius 1 is 1.45 bits per heavy atom.